The average molecular weight is 803 g/mol. The minimum atomic E-state index is 0.460. The molecule has 0 atom stereocenters. The Balaban J connectivity index is 1.45. The van der Waals surface area contributed by atoms with Gasteiger partial charge in [-0.3, -0.25) is 0 Å². The topological polar surface area (TPSA) is 82.5 Å². The number of benzene rings is 2. The van der Waals surface area contributed by atoms with Crippen LogP contribution < -0.4 is 15.5 Å². The molecule has 2 aromatic carbocycles. The number of allylic oxidation sites excluding steroid dienone is 12. The molecule has 6 aromatic rings. The molecule has 0 saturated heterocycles. The molecule has 0 aliphatic heterocycles. The molecule has 4 aromatic heterocycles. The molecule has 0 spiro atoms. The van der Waals surface area contributed by atoms with Crippen molar-refractivity contribution in [2.24, 2.45) is 0 Å². The van der Waals surface area contributed by atoms with Gasteiger partial charge in [0.1, 0.15) is 0 Å². The van der Waals surface area contributed by atoms with E-state index < -0.39 is 0 Å². The van der Waals surface area contributed by atoms with Crippen LogP contribution in [-0.4, -0.2) is 49.2 Å². The third-order valence-electron chi connectivity index (χ3n) is 9.77. The average Bonchev–Trinajstić information content (AvgIpc) is 3.96. The molecule has 0 amide bonds. The van der Waals surface area contributed by atoms with Gasteiger partial charge in [-0.2, -0.15) is 0 Å². The summed E-state index contributed by atoms with van der Waals surface area (Å²) in [5, 5.41) is 1.72. The Bertz CT molecular complexity index is 2900. The molecular formula is C50H48B2N6OS. The zero-order chi connectivity index (χ0) is 42.8. The molecule has 0 aliphatic rings. The molecule has 10 heteroatoms. The first-order valence-corrected chi connectivity index (χ1v) is 20.7. The van der Waals surface area contributed by atoms with Crippen molar-refractivity contribution < 1.29 is 4.42 Å². The Hall–Kier alpha value is -6.77. The predicted octanol–water partition coefficient (Wildman–Crippen LogP) is 9.56. The van der Waals surface area contributed by atoms with E-state index in [0.717, 1.165) is 78.0 Å². The fraction of sp³-hybridized carbons (Fsp3) is 0.120. The SMILES string of the molecule is C=C/C=C(\C=C)c1nc(C(=C)/C=c2/sc(C(=B/C)/C=C(\C=C/C)n3c(C)c(/C=C(\C=C)c4nc5ccccc5o4)c(/C=C\C)c3BC)n/c2=C/C)nc(-c2ccccc2)n1. The van der Waals surface area contributed by atoms with Gasteiger partial charge in [0.25, 0.3) is 0 Å². The second-order valence-corrected chi connectivity index (χ2v) is 14.6. The maximum atomic E-state index is 6.18. The van der Waals surface area contributed by atoms with E-state index in [1.165, 1.54) is 5.59 Å². The molecule has 0 radical (unpaired) electrons. The van der Waals surface area contributed by atoms with E-state index in [1.54, 1.807) is 23.5 Å². The molecule has 4 heterocycles. The van der Waals surface area contributed by atoms with E-state index in [1.807, 2.05) is 106 Å². The summed E-state index contributed by atoms with van der Waals surface area (Å²) in [6, 6.07) is 17.6. The molecule has 7 nitrogen and oxygen atoms in total. The van der Waals surface area contributed by atoms with Crippen molar-refractivity contribution >= 4 is 94.4 Å². The van der Waals surface area contributed by atoms with Gasteiger partial charge in [-0.25, -0.2) is 0 Å². The minimum absolute atomic E-state index is 0.460. The number of hydrogen-bond donors (Lipinski definition) is 0. The summed E-state index contributed by atoms with van der Waals surface area (Å²) >= 11 is 1.59. The fourth-order valence-electron chi connectivity index (χ4n) is 6.90. The van der Waals surface area contributed by atoms with Crippen molar-refractivity contribution in [1.82, 2.24) is 29.5 Å². The quantitative estimate of drug-likeness (QED) is 0.0761. The summed E-state index contributed by atoms with van der Waals surface area (Å²) in [6.07, 6.45) is 23.9. The normalized spacial score (nSPS) is 13.4. The molecule has 60 heavy (non-hydrogen) atoms. The number of oxazole rings is 1. The van der Waals surface area contributed by atoms with Crippen LogP contribution >= 0.6 is 11.3 Å². The Morgan fingerprint density at radius 3 is 2.25 bits per heavy atom. The number of nitrogens with zero attached hydrogens (tertiary/aromatic N) is 6. The first kappa shape index (κ1) is 42.8. The summed E-state index contributed by atoms with van der Waals surface area (Å²) in [5.74, 6) is 2.02. The van der Waals surface area contributed by atoms with Crippen LogP contribution in [0.3, 0.4) is 0 Å². The fourth-order valence-corrected chi connectivity index (χ4v) is 8.01. The Labute approximate surface area is 358 Å². The van der Waals surface area contributed by atoms with Crippen LogP contribution in [0.25, 0.3) is 69.2 Å². The number of hydrogen-bond acceptors (Lipinski definition) is 7. The van der Waals surface area contributed by atoms with Gasteiger partial charge in [0.2, 0.25) is 0 Å². The van der Waals surface area contributed by atoms with Crippen molar-refractivity contribution in [2.45, 2.75) is 41.3 Å². The van der Waals surface area contributed by atoms with Gasteiger partial charge >= 0.3 is 335 Å². The number of aromatic nitrogens is 6. The zero-order valence-electron chi connectivity index (χ0n) is 35.2. The number of fused-ring (bicyclic) bond motifs is 1. The first-order chi connectivity index (χ1) is 29.2. The third-order valence-corrected chi connectivity index (χ3v) is 10.8. The van der Waals surface area contributed by atoms with Gasteiger partial charge in [0.05, 0.1) is 0 Å². The molecule has 0 bridgehead atoms. The van der Waals surface area contributed by atoms with Gasteiger partial charge < -0.3 is 0 Å². The summed E-state index contributed by atoms with van der Waals surface area (Å²) in [5.41, 5.74) is 11.1. The van der Waals surface area contributed by atoms with Crippen LogP contribution in [0.4, 0.5) is 0 Å². The van der Waals surface area contributed by atoms with Crippen molar-refractivity contribution in [3.05, 3.63) is 179 Å². The van der Waals surface area contributed by atoms with Gasteiger partial charge in [-0.1, -0.05) is 24.8 Å². The van der Waals surface area contributed by atoms with Gasteiger partial charge in [-0.05, 0) is 0 Å². The summed E-state index contributed by atoms with van der Waals surface area (Å²) < 4.78 is 9.46. The molecular weight excluding hydrogens is 754 g/mol. The Morgan fingerprint density at radius 1 is 0.867 bits per heavy atom. The van der Waals surface area contributed by atoms with Gasteiger partial charge in [0, 0.05) is 0 Å². The first-order valence-electron chi connectivity index (χ1n) is 19.9. The van der Waals surface area contributed by atoms with E-state index >= 15 is 0 Å². The molecule has 0 saturated carbocycles. The molecule has 6 rings (SSSR count). The van der Waals surface area contributed by atoms with Crippen LogP contribution in [0.15, 0.2) is 134 Å². The number of para-hydroxylation sites is 2. The van der Waals surface area contributed by atoms with Crippen LogP contribution in [0.2, 0.25) is 13.6 Å². The van der Waals surface area contributed by atoms with E-state index in [4.69, 9.17) is 29.3 Å². The Kier molecular flexibility index (Phi) is 14.1. The summed E-state index contributed by atoms with van der Waals surface area (Å²) in [6.45, 7) is 31.0. The summed E-state index contributed by atoms with van der Waals surface area (Å²) in [4.78, 5) is 24.4. The van der Waals surface area contributed by atoms with Gasteiger partial charge in [-0.15, -0.1) is 0 Å². The van der Waals surface area contributed by atoms with Crippen molar-refractivity contribution in [2.75, 3.05) is 0 Å². The third kappa shape index (κ3) is 9.09. The summed E-state index contributed by atoms with van der Waals surface area (Å²) in [7, 11) is 0.802. The van der Waals surface area contributed by atoms with E-state index in [9.17, 15) is 0 Å². The number of rotatable bonds is 15. The van der Waals surface area contributed by atoms with E-state index in [2.05, 4.69) is 88.0 Å². The monoisotopic (exact) mass is 802 g/mol. The second-order valence-electron chi connectivity index (χ2n) is 13.6. The Morgan fingerprint density at radius 2 is 1.60 bits per heavy atom. The predicted molar refractivity (Wildman–Crippen MR) is 262 cm³/mol. The van der Waals surface area contributed by atoms with Crippen LogP contribution in [0, 0.1) is 6.92 Å². The maximum absolute atomic E-state index is 6.18. The molecule has 0 N–H and O–H groups in total. The van der Waals surface area contributed by atoms with Crippen LogP contribution in [0.1, 0.15) is 60.1 Å². The standard InChI is InChI=1S/C50H48B2N6OS/c1-11-22-34(14-4)47-55-46(56-48(57-47)36-25-18-17-19-26-36)32(7)29-44-41(16-6)54-50(60-44)40(51-9)31-37(23-12-2)58-33(8)39(38(24-13-3)45(58)52-10)30-35(15-5)49-53-42-27-20-21-28-43(42)59-49/h11-31,52H,1,4-5,7H2,2-3,6,8-10H3/b23-12-,24-13-,34-22+,35-30+,37-31+,41-16+,44-29+. The van der Waals surface area contributed by atoms with Crippen molar-refractivity contribution in [3.8, 4) is 11.4 Å². The van der Waals surface area contributed by atoms with Crippen molar-refractivity contribution in [1.29, 1.82) is 0 Å². The van der Waals surface area contributed by atoms with Gasteiger partial charge in [0.15, 0.2) is 0 Å². The molecule has 0 unspecified atom stereocenters. The van der Waals surface area contributed by atoms with Crippen LogP contribution in [0.5, 0.6) is 0 Å². The molecule has 0 aliphatic carbocycles. The van der Waals surface area contributed by atoms with E-state index in [0.29, 0.717) is 28.9 Å². The second kappa shape index (κ2) is 19.8. The molecule has 296 valence electrons. The van der Waals surface area contributed by atoms with E-state index in [-0.39, 0.29) is 0 Å². The van der Waals surface area contributed by atoms with Crippen molar-refractivity contribution in [3.63, 3.8) is 0 Å². The van der Waals surface area contributed by atoms with Crippen LogP contribution in [-0.2, 0) is 0 Å². The zero-order valence-corrected chi connectivity index (χ0v) is 36.1. The number of thiazole rings is 1. The molecule has 0 fully saturated rings.